The molecule has 0 radical (unpaired) electrons. The van der Waals surface area contributed by atoms with Gasteiger partial charge in [0, 0.05) is 18.3 Å². The van der Waals surface area contributed by atoms with Gasteiger partial charge in [0.2, 0.25) is 5.91 Å². The summed E-state index contributed by atoms with van der Waals surface area (Å²) in [5.74, 6) is 1.41. The molecular weight excluding hydrogens is 321 g/mol. The fourth-order valence-corrected chi connectivity index (χ4v) is 4.29. The molecule has 0 saturated heterocycles. The van der Waals surface area contributed by atoms with E-state index in [1.807, 2.05) is 6.92 Å². The van der Waals surface area contributed by atoms with Crippen molar-refractivity contribution >= 4 is 5.91 Å². The zero-order valence-corrected chi connectivity index (χ0v) is 13.5. The molecule has 3 rings (SSSR count). The number of carbonyl (C=O) groups is 1. The van der Waals surface area contributed by atoms with Crippen LogP contribution in [-0.2, 0) is 17.5 Å². The van der Waals surface area contributed by atoms with Crippen molar-refractivity contribution in [3.63, 3.8) is 0 Å². The Morgan fingerprint density at radius 3 is 2.67 bits per heavy atom. The lowest BCUT2D eigenvalue weighted by molar-refractivity contribution is -0.138. The molecule has 0 unspecified atom stereocenters. The van der Waals surface area contributed by atoms with Gasteiger partial charge in [-0.15, -0.1) is 0 Å². The summed E-state index contributed by atoms with van der Waals surface area (Å²) in [7, 11) is 0. The third-order valence-corrected chi connectivity index (χ3v) is 5.45. The van der Waals surface area contributed by atoms with Gasteiger partial charge in [0.1, 0.15) is 6.54 Å². The summed E-state index contributed by atoms with van der Waals surface area (Å²) in [5.41, 5.74) is -1.55. The van der Waals surface area contributed by atoms with Crippen LogP contribution in [0.4, 0.5) is 13.2 Å². The van der Waals surface area contributed by atoms with Gasteiger partial charge in [0.05, 0.1) is 5.56 Å². The lowest BCUT2D eigenvalue weighted by atomic mass is 9.84. The van der Waals surface area contributed by atoms with Crippen LogP contribution in [0.2, 0.25) is 0 Å². The Hall–Kier alpha value is -1.79. The first kappa shape index (κ1) is 17.0. The van der Waals surface area contributed by atoms with Crippen LogP contribution in [0.5, 0.6) is 0 Å². The molecular formula is C17H21F3N2O2. The van der Waals surface area contributed by atoms with Gasteiger partial charge in [-0.1, -0.05) is 6.42 Å². The second-order valence-electron chi connectivity index (χ2n) is 7.08. The summed E-state index contributed by atoms with van der Waals surface area (Å²) >= 11 is 0. The van der Waals surface area contributed by atoms with Crippen LogP contribution < -0.4 is 10.9 Å². The SMILES string of the molecule is C[C@H](NC(=O)Cn1cc(C(F)(F)F)ccc1=O)[C@H]1C[C@H]2CC[C@H]1C2. The van der Waals surface area contributed by atoms with Crippen molar-refractivity contribution in [1.29, 1.82) is 0 Å². The molecule has 1 heterocycles. The van der Waals surface area contributed by atoms with Gasteiger partial charge >= 0.3 is 6.18 Å². The first-order valence-electron chi connectivity index (χ1n) is 8.31. The van der Waals surface area contributed by atoms with Crippen LogP contribution >= 0.6 is 0 Å². The maximum Gasteiger partial charge on any atom is 0.417 e. The minimum atomic E-state index is -4.54. The van der Waals surface area contributed by atoms with Crippen molar-refractivity contribution in [2.75, 3.05) is 0 Å². The fourth-order valence-electron chi connectivity index (χ4n) is 4.29. The number of halogens is 3. The molecule has 4 atom stereocenters. The largest absolute Gasteiger partial charge is 0.417 e. The number of hydrogen-bond donors (Lipinski definition) is 1. The molecule has 1 aromatic rings. The molecule has 4 nitrogen and oxygen atoms in total. The molecule has 2 saturated carbocycles. The van der Waals surface area contributed by atoms with E-state index in [4.69, 9.17) is 0 Å². The van der Waals surface area contributed by atoms with E-state index in [1.165, 1.54) is 19.3 Å². The number of nitrogens with zero attached hydrogens (tertiary/aromatic N) is 1. The average molecular weight is 342 g/mol. The Bertz CT molecular complexity index is 683. The molecule has 1 N–H and O–H groups in total. The molecule has 1 amide bonds. The lowest BCUT2D eigenvalue weighted by Crippen LogP contribution is -2.42. The molecule has 2 fully saturated rings. The lowest BCUT2D eigenvalue weighted by Gasteiger charge is -2.28. The minimum Gasteiger partial charge on any atom is -0.352 e. The predicted molar refractivity (Wildman–Crippen MR) is 82.2 cm³/mol. The molecule has 0 aromatic carbocycles. The molecule has 0 spiro atoms. The van der Waals surface area contributed by atoms with Crippen LogP contribution in [0.25, 0.3) is 0 Å². The van der Waals surface area contributed by atoms with Crippen LogP contribution in [0.1, 0.15) is 38.2 Å². The predicted octanol–water partition coefficient (Wildman–Crippen LogP) is 2.81. The molecule has 7 heteroatoms. The van der Waals surface area contributed by atoms with Crippen molar-refractivity contribution in [2.45, 2.75) is 51.4 Å². The molecule has 2 aliphatic carbocycles. The van der Waals surface area contributed by atoms with E-state index in [1.54, 1.807) is 0 Å². The van der Waals surface area contributed by atoms with Gasteiger partial charge in [-0.3, -0.25) is 9.59 Å². The Balaban J connectivity index is 1.63. The van der Waals surface area contributed by atoms with Gasteiger partial charge in [-0.25, -0.2) is 0 Å². The normalized spacial score (nSPS) is 27.2. The van der Waals surface area contributed by atoms with Crippen LogP contribution in [0.15, 0.2) is 23.1 Å². The van der Waals surface area contributed by atoms with Crippen LogP contribution in [0, 0.1) is 17.8 Å². The second-order valence-corrected chi connectivity index (χ2v) is 7.08. The van der Waals surface area contributed by atoms with Crippen LogP contribution in [0.3, 0.4) is 0 Å². The molecule has 2 aliphatic rings. The third kappa shape index (κ3) is 3.49. The number of aromatic nitrogens is 1. The van der Waals surface area contributed by atoms with E-state index in [9.17, 15) is 22.8 Å². The Kier molecular flexibility index (Phi) is 4.44. The maximum absolute atomic E-state index is 12.7. The quantitative estimate of drug-likeness (QED) is 0.915. The van der Waals surface area contributed by atoms with E-state index in [2.05, 4.69) is 5.32 Å². The fraction of sp³-hybridized carbons (Fsp3) is 0.647. The zero-order valence-electron chi connectivity index (χ0n) is 13.5. The highest BCUT2D eigenvalue weighted by Crippen LogP contribution is 2.49. The summed E-state index contributed by atoms with van der Waals surface area (Å²) in [6.07, 6.45) is 0.948. The molecule has 24 heavy (non-hydrogen) atoms. The smallest absolute Gasteiger partial charge is 0.352 e. The minimum absolute atomic E-state index is 0.0192. The van der Waals surface area contributed by atoms with Gasteiger partial charge in [0.25, 0.3) is 5.56 Å². The summed E-state index contributed by atoms with van der Waals surface area (Å²) in [6, 6.07) is 1.55. The number of rotatable bonds is 4. The highest BCUT2D eigenvalue weighted by Gasteiger charge is 2.42. The topological polar surface area (TPSA) is 51.1 Å². The molecule has 2 bridgehead atoms. The number of alkyl halides is 3. The van der Waals surface area contributed by atoms with Crippen molar-refractivity contribution in [2.24, 2.45) is 17.8 Å². The van der Waals surface area contributed by atoms with Crippen molar-refractivity contribution < 1.29 is 18.0 Å². The second kappa shape index (κ2) is 6.26. The molecule has 132 valence electrons. The maximum atomic E-state index is 12.7. The summed E-state index contributed by atoms with van der Waals surface area (Å²) < 4.78 is 39.0. The van der Waals surface area contributed by atoms with E-state index in [0.29, 0.717) is 18.0 Å². The summed E-state index contributed by atoms with van der Waals surface area (Å²) in [6.45, 7) is 1.55. The average Bonchev–Trinajstić information content (AvgIpc) is 3.11. The standard InChI is InChI=1S/C17H21F3N2O2/c1-10(14-7-11-2-3-12(14)6-11)21-15(23)9-22-8-13(17(18,19)20)4-5-16(22)24/h4-5,8,10-12,14H,2-3,6-7,9H2,1H3,(H,21,23)/t10-,11-,12-,14+/m0/s1. The van der Waals surface area contributed by atoms with E-state index in [-0.39, 0.29) is 6.04 Å². The van der Waals surface area contributed by atoms with Crippen molar-refractivity contribution in [1.82, 2.24) is 9.88 Å². The number of carbonyl (C=O) groups excluding carboxylic acids is 1. The molecule has 1 aromatic heterocycles. The van der Waals surface area contributed by atoms with Crippen LogP contribution in [-0.4, -0.2) is 16.5 Å². The van der Waals surface area contributed by atoms with Crippen molar-refractivity contribution in [3.8, 4) is 0 Å². The van der Waals surface area contributed by atoms with Gasteiger partial charge in [-0.2, -0.15) is 13.2 Å². The Morgan fingerprint density at radius 1 is 1.33 bits per heavy atom. The Morgan fingerprint density at radius 2 is 2.08 bits per heavy atom. The number of pyridine rings is 1. The number of amides is 1. The van der Waals surface area contributed by atoms with Gasteiger partial charge in [-0.05, 0) is 50.0 Å². The van der Waals surface area contributed by atoms with Gasteiger partial charge < -0.3 is 9.88 Å². The van der Waals surface area contributed by atoms with E-state index >= 15 is 0 Å². The zero-order chi connectivity index (χ0) is 17.5. The highest BCUT2D eigenvalue weighted by molar-refractivity contribution is 5.76. The summed E-state index contributed by atoms with van der Waals surface area (Å²) in [4.78, 5) is 23.8. The van der Waals surface area contributed by atoms with E-state index < -0.39 is 29.8 Å². The third-order valence-electron chi connectivity index (χ3n) is 5.45. The molecule has 0 aliphatic heterocycles. The first-order valence-corrected chi connectivity index (χ1v) is 8.31. The number of fused-ring (bicyclic) bond motifs is 2. The first-order chi connectivity index (χ1) is 11.2. The number of hydrogen-bond acceptors (Lipinski definition) is 2. The highest BCUT2D eigenvalue weighted by atomic mass is 19.4. The van der Waals surface area contributed by atoms with E-state index in [0.717, 1.165) is 29.0 Å². The van der Waals surface area contributed by atoms with Crippen molar-refractivity contribution in [3.05, 3.63) is 34.2 Å². The van der Waals surface area contributed by atoms with Gasteiger partial charge in [0.15, 0.2) is 0 Å². The Labute approximate surface area is 138 Å². The number of nitrogens with one attached hydrogen (secondary N) is 1. The monoisotopic (exact) mass is 342 g/mol. The summed E-state index contributed by atoms with van der Waals surface area (Å²) in [5, 5.41) is 2.86.